The first-order chi connectivity index (χ1) is 16.9. The number of anilines is 2. The summed E-state index contributed by atoms with van der Waals surface area (Å²) in [5.41, 5.74) is 2.26. The third kappa shape index (κ3) is 4.27. The van der Waals surface area contributed by atoms with E-state index >= 15 is 0 Å². The van der Waals surface area contributed by atoms with Gasteiger partial charge in [-0.05, 0) is 61.5 Å². The minimum Gasteiger partial charge on any atom is -0.457 e. The van der Waals surface area contributed by atoms with Crippen molar-refractivity contribution in [2.45, 2.75) is 6.92 Å². The highest BCUT2D eigenvalue weighted by Crippen LogP contribution is 2.31. The normalized spacial score (nSPS) is 15.3. The van der Waals surface area contributed by atoms with E-state index in [1.54, 1.807) is 84.9 Å². The molecular formula is C28H19ClN2O4. The number of nitrogens with zero attached hydrogens (tertiary/aromatic N) is 2. The molecular weight excluding hydrogens is 464 g/mol. The second-order valence-corrected chi connectivity index (χ2v) is 8.44. The molecule has 7 heteroatoms. The number of hydrogen-bond acceptors (Lipinski definition) is 4. The van der Waals surface area contributed by atoms with Gasteiger partial charge >= 0.3 is 6.03 Å². The molecule has 1 fully saturated rings. The van der Waals surface area contributed by atoms with Gasteiger partial charge in [0.1, 0.15) is 17.1 Å². The quantitative estimate of drug-likeness (QED) is 0.246. The van der Waals surface area contributed by atoms with Crippen molar-refractivity contribution in [3.8, 4) is 11.3 Å². The van der Waals surface area contributed by atoms with Crippen LogP contribution in [-0.2, 0) is 9.59 Å². The fourth-order valence-electron chi connectivity index (χ4n) is 3.83. The van der Waals surface area contributed by atoms with Gasteiger partial charge in [-0.2, -0.15) is 0 Å². The van der Waals surface area contributed by atoms with E-state index in [1.165, 1.54) is 6.08 Å². The molecule has 0 saturated carbocycles. The smallest absolute Gasteiger partial charge is 0.343 e. The Morgan fingerprint density at radius 3 is 2.06 bits per heavy atom. The number of aryl methyl sites for hydroxylation is 1. The predicted octanol–water partition coefficient (Wildman–Crippen LogP) is 6.49. The number of carbonyl (C=O) groups excluding carboxylic acids is 3. The van der Waals surface area contributed by atoms with E-state index in [4.69, 9.17) is 16.0 Å². The Hall–Kier alpha value is -4.42. The van der Waals surface area contributed by atoms with E-state index in [0.717, 1.165) is 20.9 Å². The third-order valence-corrected chi connectivity index (χ3v) is 5.81. The molecule has 0 unspecified atom stereocenters. The van der Waals surface area contributed by atoms with Crippen LogP contribution in [0.5, 0.6) is 0 Å². The number of urea groups is 1. The topological polar surface area (TPSA) is 70.8 Å². The number of imide groups is 2. The van der Waals surface area contributed by atoms with Crippen LogP contribution in [0.15, 0.2) is 101 Å². The highest BCUT2D eigenvalue weighted by molar-refractivity contribution is 6.46. The fourth-order valence-corrected chi connectivity index (χ4v) is 4.02. The Labute approximate surface area is 206 Å². The van der Waals surface area contributed by atoms with Crippen molar-refractivity contribution in [2.75, 3.05) is 9.80 Å². The van der Waals surface area contributed by atoms with Crippen LogP contribution < -0.4 is 9.80 Å². The lowest BCUT2D eigenvalue weighted by atomic mass is 10.1. The van der Waals surface area contributed by atoms with Gasteiger partial charge in [-0.1, -0.05) is 59.6 Å². The first-order valence-corrected chi connectivity index (χ1v) is 11.2. The second kappa shape index (κ2) is 9.08. The van der Waals surface area contributed by atoms with Crippen LogP contribution in [-0.4, -0.2) is 17.8 Å². The summed E-state index contributed by atoms with van der Waals surface area (Å²) in [6.07, 6.45) is 1.36. The van der Waals surface area contributed by atoms with Crippen molar-refractivity contribution >= 4 is 46.9 Å². The molecule has 2 heterocycles. The van der Waals surface area contributed by atoms with E-state index in [0.29, 0.717) is 27.9 Å². The number of amides is 4. The fraction of sp³-hybridized carbons (Fsp3) is 0.0357. The standard InChI is InChI=1S/C28H19ClN2O4/c1-18-10-12-22(13-11-18)31-27(33)24(26(32)30(28(31)34)21-8-3-2-4-9-21)17-23-14-15-25(35-23)19-6-5-7-20(29)16-19/h2-17H,1H3/b24-17+. The first-order valence-electron chi connectivity index (χ1n) is 10.8. The molecule has 6 nitrogen and oxygen atoms in total. The van der Waals surface area contributed by atoms with Crippen molar-refractivity contribution < 1.29 is 18.8 Å². The van der Waals surface area contributed by atoms with Crippen LogP contribution in [0, 0.1) is 6.92 Å². The summed E-state index contributed by atoms with van der Waals surface area (Å²) >= 11 is 6.08. The number of furan rings is 1. The van der Waals surface area contributed by atoms with Gasteiger partial charge in [-0.25, -0.2) is 14.6 Å². The highest BCUT2D eigenvalue weighted by Gasteiger charge is 2.43. The number of hydrogen-bond donors (Lipinski definition) is 0. The molecule has 4 amide bonds. The molecule has 0 spiro atoms. The van der Waals surface area contributed by atoms with Gasteiger partial charge in [0.2, 0.25) is 0 Å². The summed E-state index contributed by atoms with van der Waals surface area (Å²) in [6.45, 7) is 1.91. The Morgan fingerprint density at radius 2 is 1.40 bits per heavy atom. The molecule has 1 aliphatic rings. The lowest BCUT2D eigenvalue weighted by molar-refractivity contribution is -0.121. The lowest BCUT2D eigenvalue weighted by Crippen LogP contribution is -2.57. The third-order valence-electron chi connectivity index (χ3n) is 5.58. The van der Waals surface area contributed by atoms with Gasteiger partial charge in [0.25, 0.3) is 11.8 Å². The van der Waals surface area contributed by atoms with Crippen molar-refractivity contribution in [1.82, 2.24) is 0 Å². The Balaban J connectivity index is 1.59. The largest absolute Gasteiger partial charge is 0.457 e. The molecule has 0 bridgehead atoms. The van der Waals surface area contributed by atoms with E-state index < -0.39 is 17.8 Å². The molecule has 0 atom stereocenters. The zero-order chi connectivity index (χ0) is 24.5. The van der Waals surface area contributed by atoms with Crippen LogP contribution in [0.3, 0.4) is 0 Å². The Morgan fingerprint density at radius 1 is 0.743 bits per heavy atom. The summed E-state index contributed by atoms with van der Waals surface area (Å²) < 4.78 is 5.89. The number of benzene rings is 3. The molecule has 1 saturated heterocycles. The summed E-state index contributed by atoms with van der Waals surface area (Å²) in [5.74, 6) is -0.628. The number of barbiturate groups is 1. The zero-order valence-corrected chi connectivity index (χ0v) is 19.4. The van der Waals surface area contributed by atoms with Crippen molar-refractivity contribution in [3.05, 3.63) is 113 Å². The predicted molar refractivity (Wildman–Crippen MR) is 135 cm³/mol. The van der Waals surface area contributed by atoms with Gasteiger partial charge in [0.15, 0.2) is 0 Å². The molecule has 1 aromatic heterocycles. The Bertz CT molecular complexity index is 1470. The van der Waals surface area contributed by atoms with Crippen LogP contribution in [0.2, 0.25) is 5.02 Å². The first kappa shape index (κ1) is 22.4. The molecule has 0 radical (unpaired) electrons. The summed E-state index contributed by atoms with van der Waals surface area (Å²) in [5, 5.41) is 0.558. The average molecular weight is 483 g/mol. The van der Waals surface area contributed by atoms with Gasteiger partial charge in [-0.15, -0.1) is 0 Å². The minimum absolute atomic E-state index is 0.193. The molecule has 172 valence electrons. The van der Waals surface area contributed by atoms with Crippen molar-refractivity contribution in [1.29, 1.82) is 0 Å². The summed E-state index contributed by atoms with van der Waals surface area (Å²) in [7, 11) is 0. The molecule has 0 aliphatic carbocycles. The average Bonchev–Trinajstić information content (AvgIpc) is 3.33. The monoisotopic (exact) mass is 482 g/mol. The van der Waals surface area contributed by atoms with E-state index in [-0.39, 0.29) is 5.57 Å². The lowest BCUT2D eigenvalue weighted by Gasteiger charge is -2.33. The highest BCUT2D eigenvalue weighted by atomic mass is 35.5. The van der Waals surface area contributed by atoms with Gasteiger partial charge in [-0.3, -0.25) is 9.59 Å². The number of halogens is 1. The van der Waals surface area contributed by atoms with Crippen LogP contribution in [0.1, 0.15) is 11.3 Å². The molecule has 0 N–H and O–H groups in total. The van der Waals surface area contributed by atoms with Crippen LogP contribution in [0.4, 0.5) is 16.2 Å². The molecule has 5 rings (SSSR count). The van der Waals surface area contributed by atoms with Crippen LogP contribution >= 0.6 is 11.6 Å². The maximum absolute atomic E-state index is 13.5. The second-order valence-electron chi connectivity index (χ2n) is 8.01. The van der Waals surface area contributed by atoms with E-state index in [2.05, 4.69) is 0 Å². The molecule has 4 aromatic rings. The number of carbonyl (C=O) groups is 3. The van der Waals surface area contributed by atoms with Gasteiger partial charge < -0.3 is 4.42 Å². The number of rotatable bonds is 4. The summed E-state index contributed by atoms with van der Waals surface area (Å²) in [6, 6.07) is 25.2. The Kier molecular flexibility index (Phi) is 5.81. The zero-order valence-electron chi connectivity index (χ0n) is 18.6. The molecule has 3 aromatic carbocycles. The van der Waals surface area contributed by atoms with Gasteiger partial charge in [0.05, 0.1) is 11.4 Å². The van der Waals surface area contributed by atoms with Crippen molar-refractivity contribution in [3.63, 3.8) is 0 Å². The van der Waals surface area contributed by atoms with E-state index in [1.807, 2.05) is 13.0 Å². The molecule has 35 heavy (non-hydrogen) atoms. The van der Waals surface area contributed by atoms with Crippen molar-refractivity contribution in [2.24, 2.45) is 0 Å². The maximum atomic E-state index is 13.5. The maximum Gasteiger partial charge on any atom is 0.343 e. The van der Waals surface area contributed by atoms with E-state index in [9.17, 15) is 14.4 Å². The van der Waals surface area contributed by atoms with Crippen LogP contribution in [0.25, 0.3) is 17.4 Å². The molecule has 1 aliphatic heterocycles. The summed E-state index contributed by atoms with van der Waals surface area (Å²) in [4.78, 5) is 42.3. The van der Waals surface area contributed by atoms with Gasteiger partial charge in [0, 0.05) is 10.6 Å². The number of para-hydroxylation sites is 1. The minimum atomic E-state index is -0.744. The SMILES string of the molecule is Cc1ccc(N2C(=O)/C(=C/c3ccc(-c4cccc(Cl)c4)o3)C(=O)N(c3ccccc3)C2=O)cc1.